The van der Waals surface area contributed by atoms with Gasteiger partial charge in [0.25, 0.3) is 10.0 Å². The molecule has 0 fully saturated rings. The van der Waals surface area contributed by atoms with Crippen molar-refractivity contribution in [3.63, 3.8) is 0 Å². The summed E-state index contributed by atoms with van der Waals surface area (Å²) in [6.07, 6.45) is 0. The molecule has 6 nitrogen and oxygen atoms in total. The number of benzene rings is 2. The maximum Gasteiger partial charge on any atom is 0.356 e. The Balaban J connectivity index is 2.15. The third kappa shape index (κ3) is 3.10. The number of fused-ring (bicyclic) bond motifs is 1. The second-order valence-corrected chi connectivity index (χ2v) is 7.44. The highest BCUT2D eigenvalue weighted by Gasteiger charge is 2.24. The molecule has 3 rings (SSSR count). The van der Waals surface area contributed by atoms with Crippen molar-refractivity contribution >= 4 is 32.6 Å². The molecule has 3 aromatic rings. The molecule has 0 spiro atoms. The third-order valence-corrected chi connectivity index (χ3v) is 5.46. The average molecular weight is 358 g/mol. The highest BCUT2D eigenvalue weighted by Crippen LogP contribution is 2.31. The van der Waals surface area contributed by atoms with Crippen LogP contribution in [0.1, 0.15) is 21.6 Å². The number of anilines is 1. The van der Waals surface area contributed by atoms with Crippen molar-refractivity contribution in [3.05, 3.63) is 59.3 Å². The monoisotopic (exact) mass is 358 g/mol. The van der Waals surface area contributed by atoms with E-state index in [0.29, 0.717) is 16.5 Å². The lowest BCUT2D eigenvalue weighted by atomic mass is 10.2. The van der Waals surface area contributed by atoms with Gasteiger partial charge in [0, 0.05) is 10.9 Å². The lowest BCUT2D eigenvalue weighted by molar-refractivity contribution is 0.0596. The third-order valence-electron chi connectivity index (χ3n) is 3.95. The fourth-order valence-electron chi connectivity index (χ4n) is 2.79. The smallest absolute Gasteiger partial charge is 0.356 e. The van der Waals surface area contributed by atoms with E-state index in [1.165, 1.54) is 7.11 Å². The first kappa shape index (κ1) is 17.0. The molecular weight excluding hydrogens is 340 g/mol. The standard InChI is InChI=1S/C18H18N2O4S/c1-11-8-9-15(12(2)10-11)25(22,23)20-16-13-6-4-5-7-14(13)19-17(16)18(21)24-3/h4-10,19-20H,1-3H3. The molecule has 0 saturated carbocycles. The normalized spacial score (nSPS) is 11.5. The Labute approximate surface area is 145 Å². The summed E-state index contributed by atoms with van der Waals surface area (Å²) in [6, 6.07) is 12.1. The second kappa shape index (κ2) is 6.25. The van der Waals surface area contributed by atoms with Gasteiger partial charge in [-0.05, 0) is 31.5 Å². The number of hydrogen-bond donors (Lipinski definition) is 2. The van der Waals surface area contributed by atoms with E-state index in [0.717, 1.165) is 5.56 Å². The van der Waals surface area contributed by atoms with Gasteiger partial charge in [0.1, 0.15) is 0 Å². The molecule has 2 aromatic carbocycles. The number of para-hydroxylation sites is 1. The number of esters is 1. The van der Waals surface area contributed by atoms with Gasteiger partial charge in [-0.2, -0.15) is 0 Å². The Morgan fingerprint density at radius 2 is 1.84 bits per heavy atom. The van der Waals surface area contributed by atoms with Crippen molar-refractivity contribution in [2.75, 3.05) is 11.8 Å². The van der Waals surface area contributed by atoms with Gasteiger partial charge < -0.3 is 9.72 Å². The first-order valence-corrected chi connectivity index (χ1v) is 9.11. The summed E-state index contributed by atoms with van der Waals surface area (Å²) in [5, 5.41) is 0.594. The van der Waals surface area contributed by atoms with Crippen LogP contribution >= 0.6 is 0 Å². The number of aryl methyl sites for hydroxylation is 2. The van der Waals surface area contributed by atoms with Crippen LogP contribution in [-0.2, 0) is 14.8 Å². The molecule has 7 heteroatoms. The first-order valence-electron chi connectivity index (χ1n) is 7.62. The molecule has 0 saturated heterocycles. The number of ether oxygens (including phenoxy) is 1. The molecule has 0 radical (unpaired) electrons. The SMILES string of the molecule is COC(=O)c1[nH]c2ccccc2c1NS(=O)(=O)c1ccc(C)cc1C. The Bertz CT molecular complexity index is 1070. The molecule has 25 heavy (non-hydrogen) atoms. The maximum atomic E-state index is 12.9. The zero-order valence-electron chi connectivity index (χ0n) is 14.1. The number of sulfonamides is 1. The molecule has 0 aliphatic carbocycles. The molecule has 0 atom stereocenters. The van der Waals surface area contributed by atoms with Crippen molar-refractivity contribution in [2.45, 2.75) is 18.7 Å². The molecule has 0 aliphatic heterocycles. The van der Waals surface area contributed by atoms with Crippen LogP contribution in [0.3, 0.4) is 0 Å². The van der Waals surface area contributed by atoms with E-state index in [4.69, 9.17) is 4.74 Å². The number of hydrogen-bond acceptors (Lipinski definition) is 4. The molecule has 0 unspecified atom stereocenters. The first-order chi connectivity index (χ1) is 11.8. The van der Waals surface area contributed by atoms with Gasteiger partial charge in [-0.15, -0.1) is 0 Å². The zero-order chi connectivity index (χ0) is 18.2. The number of carbonyl (C=O) groups excluding carboxylic acids is 1. The van der Waals surface area contributed by atoms with Gasteiger partial charge in [0.15, 0.2) is 5.69 Å². The Hall–Kier alpha value is -2.80. The predicted molar refractivity (Wildman–Crippen MR) is 96.4 cm³/mol. The van der Waals surface area contributed by atoms with Crippen molar-refractivity contribution in [1.82, 2.24) is 4.98 Å². The molecule has 1 heterocycles. The number of rotatable bonds is 4. The number of methoxy groups -OCH3 is 1. The maximum absolute atomic E-state index is 12.9. The van der Waals surface area contributed by atoms with E-state index in [-0.39, 0.29) is 16.3 Å². The van der Waals surface area contributed by atoms with E-state index < -0.39 is 16.0 Å². The Kier molecular flexibility index (Phi) is 4.26. The van der Waals surface area contributed by atoms with E-state index >= 15 is 0 Å². The number of aromatic amines is 1. The minimum atomic E-state index is -3.86. The summed E-state index contributed by atoms with van der Waals surface area (Å²) < 4.78 is 33.0. The highest BCUT2D eigenvalue weighted by molar-refractivity contribution is 7.92. The fourth-order valence-corrected chi connectivity index (χ4v) is 4.11. The predicted octanol–water partition coefficient (Wildman–Crippen LogP) is 3.37. The van der Waals surface area contributed by atoms with Crippen molar-refractivity contribution in [3.8, 4) is 0 Å². The average Bonchev–Trinajstić information content (AvgIpc) is 2.92. The topological polar surface area (TPSA) is 88.3 Å². The van der Waals surface area contributed by atoms with Crippen LogP contribution in [0.4, 0.5) is 5.69 Å². The fraction of sp³-hybridized carbons (Fsp3) is 0.167. The molecular formula is C18H18N2O4S. The van der Waals surface area contributed by atoms with E-state index in [1.54, 1.807) is 49.4 Å². The largest absolute Gasteiger partial charge is 0.464 e. The molecule has 2 N–H and O–H groups in total. The molecule has 0 amide bonds. The van der Waals surface area contributed by atoms with Crippen LogP contribution in [-0.4, -0.2) is 26.5 Å². The van der Waals surface area contributed by atoms with Gasteiger partial charge in [-0.3, -0.25) is 4.72 Å². The van der Waals surface area contributed by atoms with Crippen molar-refractivity contribution in [1.29, 1.82) is 0 Å². The van der Waals surface area contributed by atoms with E-state index in [2.05, 4.69) is 9.71 Å². The van der Waals surface area contributed by atoms with Crippen LogP contribution < -0.4 is 4.72 Å². The minimum absolute atomic E-state index is 0.0667. The van der Waals surface area contributed by atoms with Crippen molar-refractivity contribution < 1.29 is 17.9 Å². The quantitative estimate of drug-likeness (QED) is 0.700. The van der Waals surface area contributed by atoms with Gasteiger partial charge in [-0.25, -0.2) is 13.2 Å². The summed E-state index contributed by atoms with van der Waals surface area (Å²) in [6.45, 7) is 3.63. The summed E-state index contributed by atoms with van der Waals surface area (Å²) >= 11 is 0. The zero-order valence-corrected chi connectivity index (χ0v) is 14.9. The number of nitrogens with one attached hydrogen (secondary N) is 2. The summed E-state index contributed by atoms with van der Waals surface area (Å²) in [5.41, 5.74) is 2.49. The molecule has 0 bridgehead atoms. The molecule has 1 aromatic heterocycles. The van der Waals surface area contributed by atoms with Gasteiger partial charge in [-0.1, -0.05) is 35.9 Å². The summed E-state index contributed by atoms with van der Waals surface area (Å²) in [5.74, 6) is -0.644. The highest BCUT2D eigenvalue weighted by atomic mass is 32.2. The van der Waals surface area contributed by atoms with Crippen LogP contribution in [0, 0.1) is 13.8 Å². The van der Waals surface area contributed by atoms with Gasteiger partial charge in [0.2, 0.25) is 0 Å². The van der Waals surface area contributed by atoms with Crippen LogP contribution in [0.15, 0.2) is 47.4 Å². The van der Waals surface area contributed by atoms with Crippen LogP contribution in [0.2, 0.25) is 0 Å². The summed E-state index contributed by atoms with van der Waals surface area (Å²) in [4.78, 5) is 15.1. The number of H-pyrrole nitrogens is 1. The van der Waals surface area contributed by atoms with Crippen LogP contribution in [0.5, 0.6) is 0 Å². The molecule has 130 valence electrons. The Morgan fingerprint density at radius 1 is 1.12 bits per heavy atom. The summed E-state index contributed by atoms with van der Waals surface area (Å²) in [7, 11) is -2.62. The number of carbonyl (C=O) groups is 1. The molecule has 0 aliphatic rings. The van der Waals surface area contributed by atoms with E-state index in [9.17, 15) is 13.2 Å². The van der Waals surface area contributed by atoms with E-state index in [1.807, 2.05) is 6.92 Å². The van der Waals surface area contributed by atoms with Gasteiger partial charge in [0.05, 0.1) is 17.7 Å². The second-order valence-electron chi connectivity index (χ2n) is 5.79. The lowest BCUT2D eigenvalue weighted by Crippen LogP contribution is -2.16. The number of aromatic nitrogens is 1. The van der Waals surface area contributed by atoms with Crippen molar-refractivity contribution in [2.24, 2.45) is 0 Å². The minimum Gasteiger partial charge on any atom is -0.464 e. The van der Waals surface area contributed by atoms with Crippen LogP contribution in [0.25, 0.3) is 10.9 Å². The van der Waals surface area contributed by atoms with Gasteiger partial charge >= 0.3 is 5.97 Å². The lowest BCUT2D eigenvalue weighted by Gasteiger charge is -2.11. The Morgan fingerprint density at radius 3 is 2.52 bits per heavy atom.